The largest absolute Gasteiger partial charge is 0.472 e. The summed E-state index contributed by atoms with van der Waals surface area (Å²) >= 11 is 7.27. The first kappa shape index (κ1) is 18.5. The van der Waals surface area contributed by atoms with Gasteiger partial charge >= 0.3 is 5.97 Å². The molecule has 0 amide bonds. The van der Waals surface area contributed by atoms with E-state index in [0.29, 0.717) is 26.5 Å². The van der Waals surface area contributed by atoms with Crippen molar-refractivity contribution in [2.75, 3.05) is 6.61 Å². The summed E-state index contributed by atoms with van der Waals surface area (Å²) in [5, 5.41) is 0.900. The molecule has 5 nitrogen and oxygen atoms in total. The monoisotopic (exact) mass is 394 g/mol. The minimum Gasteiger partial charge on any atom is -0.472 e. The number of aryl methyl sites for hydroxylation is 2. The van der Waals surface area contributed by atoms with Crippen LogP contribution in [0.1, 0.15) is 33.5 Å². The van der Waals surface area contributed by atoms with Gasteiger partial charge in [-0.2, -0.15) is 4.98 Å². The van der Waals surface area contributed by atoms with Crippen LogP contribution in [-0.2, 0) is 11.3 Å². The molecule has 2 aromatic heterocycles. The fourth-order valence-corrected chi connectivity index (χ4v) is 3.84. The Morgan fingerprint density at radius 3 is 2.77 bits per heavy atom. The lowest BCUT2D eigenvalue weighted by Gasteiger charge is -2.10. The molecule has 3 rings (SSSR count). The standard InChI is InChI=1S/C18H16ClFN2O3S/c1-4-24-18(23)15-9(2)14-16(21-10(3)22-17(14)26-15)25-8-11-12(19)6-5-7-13(11)20/h5-7H,4,8H2,1-3H3. The SMILES string of the molecule is CCOC(=O)c1sc2nc(C)nc(OCc3c(F)cccc3Cl)c2c1C. The summed E-state index contributed by atoms with van der Waals surface area (Å²) in [5.41, 5.74) is 0.926. The van der Waals surface area contributed by atoms with E-state index >= 15 is 0 Å². The van der Waals surface area contributed by atoms with Gasteiger partial charge in [0.15, 0.2) is 0 Å². The van der Waals surface area contributed by atoms with Gasteiger partial charge < -0.3 is 9.47 Å². The van der Waals surface area contributed by atoms with Crippen LogP contribution in [0.3, 0.4) is 0 Å². The topological polar surface area (TPSA) is 61.3 Å². The molecule has 0 aliphatic rings. The Labute approximate surface area is 158 Å². The highest BCUT2D eigenvalue weighted by Crippen LogP contribution is 2.36. The van der Waals surface area contributed by atoms with E-state index in [1.54, 1.807) is 26.8 Å². The molecule has 0 radical (unpaired) electrons. The van der Waals surface area contributed by atoms with Crippen LogP contribution in [0, 0.1) is 19.7 Å². The molecule has 26 heavy (non-hydrogen) atoms. The molecule has 2 heterocycles. The molecule has 8 heteroatoms. The van der Waals surface area contributed by atoms with Crippen LogP contribution in [0.2, 0.25) is 5.02 Å². The molecule has 0 bridgehead atoms. The minimum absolute atomic E-state index is 0.0823. The molecule has 0 unspecified atom stereocenters. The number of rotatable bonds is 5. The Hall–Kier alpha value is -2.25. The molecule has 0 saturated carbocycles. The molecule has 0 saturated heterocycles. The molecule has 0 atom stereocenters. The van der Waals surface area contributed by atoms with Gasteiger partial charge in [-0.25, -0.2) is 14.2 Å². The van der Waals surface area contributed by atoms with Gasteiger partial charge in [-0.3, -0.25) is 0 Å². The lowest BCUT2D eigenvalue weighted by molar-refractivity contribution is 0.0531. The van der Waals surface area contributed by atoms with Crippen LogP contribution >= 0.6 is 22.9 Å². The number of nitrogens with zero attached hydrogens (tertiary/aromatic N) is 2. The van der Waals surface area contributed by atoms with Crippen molar-refractivity contribution in [2.45, 2.75) is 27.4 Å². The average molecular weight is 395 g/mol. The molecule has 0 fully saturated rings. The van der Waals surface area contributed by atoms with Gasteiger partial charge in [-0.15, -0.1) is 11.3 Å². The first-order valence-electron chi connectivity index (χ1n) is 7.93. The number of hydrogen-bond donors (Lipinski definition) is 0. The second-order valence-corrected chi connectivity index (χ2v) is 6.93. The van der Waals surface area contributed by atoms with Crippen molar-refractivity contribution in [3.8, 4) is 5.88 Å². The molecule has 0 spiro atoms. The quantitative estimate of drug-likeness (QED) is 0.578. The molecular weight excluding hydrogens is 379 g/mol. The van der Waals surface area contributed by atoms with Crippen molar-refractivity contribution in [3.05, 3.63) is 50.9 Å². The molecule has 0 N–H and O–H groups in total. The Balaban J connectivity index is 2.01. The number of ether oxygens (including phenoxy) is 2. The Bertz CT molecular complexity index is 970. The third kappa shape index (κ3) is 3.50. The van der Waals surface area contributed by atoms with Crippen molar-refractivity contribution >= 4 is 39.1 Å². The van der Waals surface area contributed by atoms with Crippen molar-refractivity contribution < 1.29 is 18.7 Å². The van der Waals surface area contributed by atoms with Crippen LogP contribution < -0.4 is 4.74 Å². The van der Waals surface area contributed by atoms with E-state index in [1.807, 2.05) is 0 Å². The highest BCUT2D eigenvalue weighted by atomic mass is 35.5. The number of benzene rings is 1. The van der Waals surface area contributed by atoms with Gasteiger partial charge in [0.05, 0.1) is 17.0 Å². The van der Waals surface area contributed by atoms with Crippen LogP contribution in [0.15, 0.2) is 18.2 Å². The van der Waals surface area contributed by atoms with Crippen molar-refractivity contribution in [1.82, 2.24) is 9.97 Å². The predicted molar refractivity (Wildman–Crippen MR) is 98.6 cm³/mol. The maximum Gasteiger partial charge on any atom is 0.348 e. The van der Waals surface area contributed by atoms with Crippen molar-refractivity contribution in [3.63, 3.8) is 0 Å². The minimum atomic E-state index is -0.450. The second kappa shape index (κ2) is 7.55. The van der Waals surface area contributed by atoms with E-state index in [2.05, 4.69) is 9.97 Å². The molecule has 3 aromatic rings. The van der Waals surface area contributed by atoms with Gasteiger partial charge in [0, 0.05) is 5.56 Å². The second-order valence-electron chi connectivity index (χ2n) is 5.52. The van der Waals surface area contributed by atoms with E-state index in [0.717, 1.165) is 0 Å². The number of halogens is 2. The lowest BCUT2D eigenvalue weighted by Crippen LogP contribution is -2.04. The smallest absolute Gasteiger partial charge is 0.348 e. The van der Waals surface area contributed by atoms with Crippen LogP contribution in [0.25, 0.3) is 10.2 Å². The van der Waals surface area contributed by atoms with E-state index < -0.39 is 11.8 Å². The molecule has 0 aliphatic carbocycles. The normalized spacial score (nSPS) is 11.0. The van der Waals surface area contributed by atoms with Crippen LogP contribution in [0.5, 0.6) is 5.88 Å². The molecule has 136 valence electrons. The van der Waals surface area contributed by atoms with E-state index in [4.69, 9.17) is 21.1 Å². The summed E-state index contributed by atoms with van der Waals surface area (Å²) < 4.78 is 24.8. The van der Waals surface area contributed by atoms with Crippen LogP contribution in [0.4, 0.5) is 4.39 Å². The average Bonchev–Trinajstić information content (AvgIpc) is 2.91. The number of thiophene rings is 1. The van der Waals surface area contributed by atoms with Gasteiger partial charge in [0.2, 0.25) is 5.88 Å². The molecular formula is C18H16ClFN2O3S. The summed E-state index contributed by atoms with van der Waals surface area (Å²) in [7, 11) is 0. The number of hydrogen-bond acceptors (Lipinski definition) is 6. The van der Waals surface area contributed by atoms with Gasteiger partial charge in [0.25, 0.3) is 0 Å². The lowest BCUT2D eigenvalue weighted by atomic mass is 10.2. The number of esters is 1. The van der Waals surface area contributed by atoms with Crippen molar-refractivity contribution in [1.29, 1.82) is 0 Å². The molecule has 1 aromatic carbocycles. The summed E-state index contributed by atoms with van der Waals surface area (Å²) in [5.74, 6) is -0.0811. The summed E-state index contributed by atoms with van der Waals surface area (Å²) in [4.78, 5) is 21.9. The zero-order valence-electron chi connectivity index (χ0n) is 14.4. The van der Waals surface area contributed by atoms with E-state index in [9.17, 15) is 9.18 Å². The van der Waals surface area contributed by atoms with Crippen molar-refractivity contribution in [2.24, 2.45) is 0 Å². The first-order chi connectivity index (χ1) is 12.4. The Morgan fingerprint density at radius 1 is 1.31 bits per heavy atom. The Kier molecular flexibility index (Phi) is 5.38. The highest BCUT2D eigenvalue weighted by Gasteiger charge is 2.22. The fourth-order valence-electron chi connectivity index (χ4n) is 2.51. The Morgan fingerprint density at radius 2 is 2.08 bits per heavy atom. The predicted octanol–water partition coefficient (Wildman–Crippen LogP) is 4.86. The maximum atomic E-state index is 14.0. The number of fused-ring (bicyclic) bond motifs is 1. The number of aromatic nitrogens is 2. The van der Waals surface area contributed by atoms with E-state index in [-0.39, 0.29) is 29.7 Å². The summed E-state index contributed by atoms with van der Waals surface area (Å²) in [6.45, 7) is 5.46. The third-order valence-electron chi connectivity index (χ3n) is 3.74. The van der Waals surface area contributed by atoms with Crippen LogP contribution in [-0.4, -0.2) is 22.5 Å². The zero-order valence-corrected chi connectivity index (χ0v) is 16.0. The van der Waals surface area contributed by atoms with Gasteiger partial charge in [0.1, 0.15) is 28.0 Å². The van der Waals surface area contributed by atoms with Gasteiger partial charge in [-0.05, 0) is 38.5 Å². The number of carbonyl (C=O) groups is 1. The molecule has 0 aliphatic heterocycles. The highest BCUT2D eigenvalue weighted by molar-refractivity contribution is 7.20. The number of carbonyl (C=O) groups excluding carboxylic acids is 1. The van der Waals surface area contributed by atoms with Gasteiger partial charge in [-0.1, -0.05) is 17.7 Å². The van der Waals surface area contributed by atoms with E-state index in [1.165, 1.54) is 23.5 Å². The first-order valence-corrected chi connectivity index (χ1v) is 9.12. The summed E-state index contributed by atoms with van der Waals surface area (Å²) in [6, 6.07) is 4.45. The zero-order chi connectivity index (χ0) is 18.8. The summed E-state index contributed by atoms with van der Waals surface area (Å²) in [6.07, 6.45) is 0. The fraction of sp³-hybridized carbons (Fsp3) is 0.278. The maximum absolute atomic E-state index is 14.0. The third-order valence-corrected chi connectivity index (χ3v) is 5.26.